The van der Waals surface area contributed by atoms with Crippen LogP contribution in [0.25, 0.3) is 11.1 Å². The van der Waals surface area contributed by atoms with Crippen LogP contribution >= 0.6 is 0 Å². The van der Waals surface area contributed by atoms with Gasteiger partial charge in [0.1, 0.15) is 0 Å². The predicted octanol–water partition coefficient (Wildman–Crippen LogP) is 2.35. The minimum absolute atomic E-state index is 0.143. The van der Waals surface area contributed by atoms with Crippen molar-refractivity contribution in [2.24, 2.45) is 0 Å². The van der Waals surface area contributed by atoms with Crippen LogP contribution in [0.1, 0.15) is 0 Å². The Balaban J connectivity index is 2.63. The Bertz CT molecular complexity index is 480. The zero-order chi connectivity index (χ0) is 10.8. The third-order valence-electron chi connectivity index (χ3n) is 2.20. The van der Waals surface area contributed by atoms with Gasteiger partial charge in [-0.15, -0.1) is 0 Å². The summed E-state index contributed by atoms with van der Waals surface area (Å²) in [4.78, 5) is 0. The van der Waals surface area contributed by atoms with Crippen LogP contribution < -0.4 is 5.73 Å². The third kappa shape index (κ3) is 1.72. The number of phenolic OH excluding ortho intramolecular Hbond substituents is 2. The Hall–Kier alpha value is -2.16. The van der Waals surface area contributed by atoms with Gasteiger partial charge in [0.2, 0.25) is 0 Å². The summed E-state index contributed by atoms with van der Waals surface area (Å²) in [5, 5.41) is 19.1. The molecule has 0 heterocycles. The minimum atomic E-state index is -0.200. The van der Waals surface area contributed by atoms with Crippen LogP contribution in [0.2, 0.25) is 0 Å². The van der Waals surface area contributed by atoms with Crippen LogP contribution in [0.15, 0.2) is 42.5 Å². The smallest absolute Gasteiger partial charge is 0.165 e. The highest BCUT2D eigenvalue weighted by Crippen LogP contribution is 2.38. The number of nitrogen functional groups attached to an aromatic ring is 1. The van der Waals surface area contributed by atoms with Crippen molar-refractivity contribution in [3.05, 3.63) is 42.5 Å². The molecule has 0 saturated heterocycles. The number of hydrogen-bond acceptors (Lipinski definition) is 3. The van der Waals surface area contributed by atoms with E-state index in [1.807, 2.05) is 30.3 Å². The van der Waals surface area contributed by atoms with E-state index in [1.54, 1.807) is 6.07 Å². The van der Waals surface area contributed by atoms with Gasteiger partial charge in [0.25, 0.3) is 0 Å². The quantitative estimate of drug-likeness (QED) is 0.377. The van der Waals surface area contributed by atoms with Gasteiger partial charge in [0.05, 0.1) is 0 Å². The van der Waals surface area contributed by atoms with Crippen LogP contribution in [-0.2, 0) is 0 Å². The van der Waals surface area contributed by atoms with E-state index in [4.69, 9.17) is 5.73 Å². The van der Waals surface area contributed by atoms with Crippen molar-refractivity contribution in [2.45, 2.75) is 0 Å². The van der Waals surface area contributed by atoms with Gasteiger partial charge >= 0.3 is 0 Å². The molecule has 0 aromatic heterocycles. The van der Waals surface area contributed by atoms with Crippen LogP contribution in [0.3, 0.4) is 0 Å². The summed E-state index contributed by atoms with van der Waals surface area (Å²) in [6, 6.07) is 12.2. The normalized spacial score (nSPS) is 10.1. The molecule has 2 rings (SSSR count). The molecule has 0 aliphatic rings. The molecule has 4 N–H and O–H groups in total. The molecule has 0 fully saturated rings. The lowest BCUT2D eigenvalue weighted by Crippen LogP contribution is -1.87. The number of benzene rings is 2. The van der Waals surface area contributed by atoms with E-state index in [0.29, 0.717) is 11.3 Å². The Morgan fingerprint density at radius 1 is 0.933 bits per heavy atom. The monoisotopic (exact) mass is 201 g/mol. The van der Waals surface area contributed by atoms with E-state index in [2.05, 4.69) is 0 Å². The molecule has 0 aliphatic heterocycles. The lowest BCUT2D eigenvalue weighted by atomic mass is 10.0. The molecule has 0 aliphatic carbocycles. The van der Waals surface area contributed by atoms with Gasteiger partial charge in [-0.2, -0.15) is 0 Å². The molecule has 0 unspecified atom stereocenters. The fraction of sp³-hybridized carbons (Fsp3) is 0. The highest BCUT2D eigenvalue weighted by Gasteiger charge is 2.09. The molecule has 2 aromatic carbocycles. The summed E-state index contributed by atoms with van der Waals surface area (Å²) in [6.07, 6.45) is 0. The number of nitrogens with two attached hydrogens (primary N) is 1. The number of hydrogen-bond donors (Lipinski definition) is 3. The van der Waals surface area contributed by atoms with Crippen molar-refractivity contribution in [3.63, 3.8) is 0 Å². The Labute approximate surface area is 87.4 Å². The lowest BCUT2D eigenvalue weighted by Gasteiger charge is -2.07. The topological polar surface area (TPSA) is 66.5 Å². The highest BCUT2D eigenvalue weighted by atomic mass is 16.3. The van der Waals surface area contributed by atoms with E-state index in [0.717, 1.165) is 5.56 Å². The summed E-state index contributed by atoms with van der Waals surface area (Å²) >= 11 is 0. The van der Waals surface area contributed by atoms with Crippen LogP contribution in [0.5, 0.6) is 11.5 Å². The highest BCUT2D eigenvalue weighted by molar-refractivity contribution is 5.76. The summed E-state index contributed by atoms with van der Waals surface area (Å²) in [6.45, 7) is 0. The predicted molar refractivity (Wildman–Crippen MR) is 59.6 cm³/mol. The first-order valence-electron chi connectivity index (χ1n) is 4.55. The second kappa shape index (κ2) is 3.53. The Morgan fingerprint density at radius 2 is 1.60 bits per heavy atom. The van der Waals surface area contributed by atoms with Gasteiger partial charge in [-0.05, 0) is 11.6 Å². The van der Waals surface area contributed by atoms with Crippen molar-refractivity contribution in [3.8, 4) is 22.6 Å². The maximum atomic E-state index is 9.67. The second-order valence-electron chi connectivity index (χ2n) is 3.30. The average Bonchev–Trinajstić information content (AvgIpc) is 2.24. The number of phenols is 2. The number of aromatic hydroxyl groups is 2. The van der Waals surface area contributed by atoms with Crippen molar-refractivity contribution >= 4 is 5.69 Å². The van der Waals surface area contributed by atoms with E-state index in [9.17, 15) is 10.2 Å². The minimum Gasteiger partial charge on any atom is -0.504 e. The maximum Gasteiger partial charge on any atom is 0.165 e. The molecule has 0 atom stereocenters. The van der Waals surface area contributed by atoms with Crippen molar-refractivity contribution < 1.29 is 10.2 Å². The number of rotatable bonds is 1. The fourth-order valence-corrected chi connectivity index (χ4v) is 1.48. The molecule has 0 spiro atoms. The summed E-state index contributed by atoms with van der Waals surface area (Å²) in [7, 11) is 0. The van der Waals surface area contributed by atoms with Gasteiger partial charge in [-0.1, -0.05) is 30.3 Å². The Kier molecular flexibility index (Phi) is 2.21. The molecule has 15 heavy (non-hydrogen) atoms. The second-order valence-corrected chi connectivity index (χ2v) is 3.30. The molecule has 0 amide bonds. The van der Waals surface area contributed by atoms with Gasteiger partial charge in [-0.3, -0.25) is 0 Å². The molecule has 0 radical (unpaired) electrons. The van der Waals surface area contributed by atoms with Gasteiger partial charge in [0, 0.05) is 17.3 Å². The largest absolute Gasteiger partial charge is 0.504 e. The van der Waals surface area contributed by atoms with Crippen LogP contribution in [0, 0.1) is 0 Å². The molecule has 3 heteroatoms. The van der Waals surface area contributed by atoms with Gasteiger partial charge in [0.15, 0.2) is 11.5 Å². The maximum absolute atomic E-state index is 9.67. The first kappa shape index (κ1) is 9.40. The van der Waals surface area contributed by atoms with Crippen LogP contribution in [-0.4, -0.2) is 10.2 Å². The van der Waals surface area contributed by atoms with E-state index < -0.39 is 0 Å². The fourth-order valence-electron chi connectivity index (χ4n) is 1.48. The van der Waals surface area contributed by atoms with E-state index in [1.165, 1.54) is 6.07 Å². The van der Waals surface area contributed by atoms with Crippen LogP contribution in [0.4, 0.5) is 5.69 Å². The lowest BCUT2D eigenvalue weighted by molar-refractivity contribution is 0.405. The SMILES string of the molecule is Nc1cc(O)c(O)c(-c2ccccc2)c1. The molecule has 76 valence electrons. The third-order valence-corrected chi connectivity index (χ3v) is 2.20. The van der Waals surface area contributed by atoms with Gasteiger partial charge < -0.3 is 15.9 Å². The van der Waals surface area contributed by atoms with E-state index in [-0.39, 0.29) is 11.5 Å². The molecule has 0 saturated carbocycles. The van der Waals surface area contributed by atoms with Crippen molar-refractivity contribution in [1.82, 2.24) is 0 Å². The standard InChI is InChI=1S/C12H11NO2/c13-9-6-10(12(15)11(14)7-9)8-4-2-1-3-5-8/h1-7,14-15H,13H2. The van der Waals surface area contributed by atoms with Gasteiger partial charge in [-0.25, -0.2) is 0 Å². The van der Waals surface area contributed by atoms with Crippen molar-refractivity contribution in [1.29, 1.82) is 0 Å². The zero-order valence-corrected chi connectivity index (χ0v) is 8.01. The summed E-state index contributed by atoms with van der Waals surface area (Å²) in [5.74, 6) is -0.343. The molecule has 0 bridgehead atoms. The molecular weight excluding hydrogens is 190 g/mol. The number of anilines is 1. The Morgan fingerprint density at radius 3 is 2.27 bits per heavy atom. The molecule has 2 aromatic rings. The van der Waals surface area contributed by atoms with Crippen molar-refractivity contribution in [2.75, 3.05) is 5.73 Å². The zero-order valence-electron chi connectivity index (χ0n) is 8.01. The van der Waals surface area contributed by atoms with E-state index >= 15 is 0 Å². The summed E-state index contributed by atoms with van der Waals surface area (Å²) < 4.78 is 0. The molecular formula is C12H11NO2. The average molecular weight is 201 g/mol. The first-order valence-corrected chi connectivity index (χ1v) is 4.55. The summed E-state index contributed by atoms with van der Waals surface area (Å²) in [5.41, 5.74) is 7.37. The molecule has 3 nitrogen and oxygen atoms in total. The first-order chi connectivity index (χ1) is 7.18.